The molecule has 0 atom stereocenters. The van der Waals surface area contributed by atoms with Gasteiger partial charge in [0.25, 0.3) is 0 Å². The summed E-state index contributed by atoms with van der Waals surface area (Å²) in [5.74, 6) is -1.01. The molecule has 0 saturated heterocycles. The van der Waals surface area contributed by atoms with Gasteiger partial charge in [-0.2, -0.15) is 0 Å². The number of esters is 2. The third kappa shape index (κ3) is 9.00. The molecule has 15 heavy (non-hydrogen) atoms. The minimum atomic E-state index is -0.510. The van der Waals surface area contributed by atoms with Gasteiger partial charge in [-0.05, 0) is 12.8 Å². The molecule has 0 spiro atoms. The van der Waals surface area contributed by atoms with Gasteiger partial charge in [-0.15, -0.1) is 0 Å². The van der Waals surface area contributed by atoms with Crippen LogP contribution in [0.5, 0.6) is 0 Å². The maximum Gasteiger partial charge on any atom is 0.331 e. The Hall–Kier alpha value is -1.32. The average molecular weight is 214 g/mol. The van der Waals surface area contributed by atoms with Gasteiger partial charge in [-0.3, -0.25) is 0 Å². The zero-order valence-corrected chi connectivity index (χ0v) is 9.32. The molecule has 0 aliphatic heterocycles. The van der Waals surface area contributed by atoms with Gasteiger partial charge < -0.3 is 9.47 Å². The lowest BCUT2D eigenvalue weighted by atomic mass is 10.4. The summed E-state index contributed by atoms with van der Waals surface area (Å²) in [5, 5.41) is 0. The van der Waals surface area contributed by atoms with Crippen LogP contribution in [0.25, 0.3) is 0 Å². The second kappa shape index (κ2) is 9.24. The van der Waals surface area contributed by atoms with E-state index in [2.05, 4.69) is 0 Å². The predicted octanol–water partition coefficient (Wildman–Crippen LogP) is 1.84. The molecule has 0 amide bonds. The molecular weight excluding hydrogens is 196 g/mol. The molecule has 0 rings (SSSR count). The summed E-state index contributed by atoms with van der Waals surface area (Å²) in [6.45, 7) is 4.67. The molecule has 4 nitrogen and oxygen atoms in total. The topological polar surface area (TPSA) is 52.6 Å². The summed E-state index contributed by atoms with van der Waals surface area (Å²) >= 11 is 0. The summed E-state index contributed by atoms with van der Waals surface area (Å²) in [7, 11) is 0. The highest BCUT2D eigenvalue weighted by Crippen LogP contribution is 1.91. The van der Waals surface area contributed by atoms with Crippen LogP contribution in [0.15, 0.2) is 12.2 Å². The van der Waals surface area contributed by atoms with Gasteiger partial charge in [0.2, 0.25) is 0 Å². The Labute approximate surface area is 90.2 Å². The van der Waals surface area contributed by atoms with Crippen molar-refractivity contribution in [3.05, 3.63) is 12.2 Å². The molecule has 0 aromatic carbocycles. The van der Waals surface area contributed by atoms with Gasteiger partial charge in [0.05, 0.1) is 13.2 Å². The number of hydrogen-bond acceptors (Lipinski definition) is 4. The van der Waals surface area contributed by atoms with Gasteiger partial charge in [0.1, 0.15) is 0 Å². The van der Waals surface area contributed by atoms with Crippen LogP contribution >= 0.6 is 0 Å². The smallest absolute Gasteiger partial charge is 0.331 e. The fourth-order valence-corrected chi connectivity index (χ4v) is 0.752. The van der Waals surface area contributed by atoms with Gasteiger partial charge in [0.15, 0.2) is 0 Å². The quantitative estimate of drug-likeness (QED) is 0.368. The van der Waals surface area contributed by atoms with E-state index < -0.39 is 11.9 Å². The molecule has 0 N–H and O–H groups in total. The van der Waals surface area contributed by atoms with Crippen molar-refractivity contribution in [3.8, 4) is 0 Å². The van der Waals surface area contributed by atoms with E-state index in [-0.39, 0.29) is 0 Å². The standard InChI is InChI=1S/C11H18O4/c1-3-5-9-15-11(13)7-6-10(12)14-8-4-2/h6-7H,3-5,8-9H2,1-2H3. The first kappa shape index (κ1) is 13.7. The molecule has 0 unspecified atom stereocenters. The molecule has 0 aromatic heterocycles. The molecule has 0 fully saturated rings. The van der Waals surface area contributed by atoms with Crippen LogP contribution in [-0.4, -0.2) is 25.2 Å². The molecule has 0 bridgehead atoms. The van der Waals surface area contributed by atoms with Gasteiger partial charge in [-0.25, -0.2) is 9.59 Å². The molecular formula is C11H18O4. The Morgan fingerprint density at radius 1 is 0.933 bits per heavy atom. The van der Waals surface area contributed by atoms with Crippen LogP contribution in [-0.2, 0) is 19.1 Å². The third-order valence-electron chi connectivity index (χ3n) is 1.55. The lowest BCUT2D eigenvalue weighted by molar-refractivity contribution is -0.140. The van der Waals surface area contributed by atoms with E-state index in [0.29, 0.717) is 13.2 Å². The van der Waals surface area contributed by atoms with E-state index in [1.165, 1.54) is 0 Å². The highest BCUT2D eigenvalue weighted by atomic mass is 16.5. The number of ether oxygens (including phenoxy) is 2. The average Bonchev–Trinajstić information content (AvgIpc) is 2.24. The van der Waals surface area contributed by atoms with Crippen molar-refractivity contribution < 1.29 is 19.1 Å². The van der Waals surface area contributed by atoms with Crippen molar-refractivity contribution in [3.63, 3.8) is 0 Å². The SMILES string of the molecule is CCCCOC(=O)C=CC(=O)OCCC. The molecule has 4 heteroatoms. The summed E-state index contributed by atoms with van der Waals surface area (Å²) in [5.41, 5.74) is 0. The zero-order chi connectivity index (χ0) is 11.5. The fourth-order valence-electron chi connectivity index (χ4n) is 0.752. The van der Waals surface area contributed by atoms with E-state index in [4.69, 9.17) is 9.47 Å². The second-order valence-corrected chi connectivity index (χ2v) is 3.02. The van der Waals surface area contributed by atoms with Crippen molar-refractivity contribution in [1.82, 2.24) is 0 Å². The van der Waals surface area contributed by atoms with Crippen molar-refractivity contribution >= 4 is 11.9 Å². The van der Waals surface area contributed by atoms with Crippen molar-refractivity contribution in [2.75, 3.05) is 13.2 Å². The molecule has 0 aliphatic rings. The second-order valence-electron chi connectivity index (χ2n) is 3.02. The largest absolute Gasteiger partial charge is 0.463 e. The van der Waals surface area contributed by atoms with Crippen LogP contribution in [0.1, 0.15) is 33.1 Å². The molecule has 0 saturated carbocycles. The highest BCUT2D eigenvalue weighted by molar-refractivity contribution is 5.91. The van der Waals surface area contributed by atoms with E-state index >= 15 is 0 Å². The summed E-state index contributed by atoms with van der Waals surface area (Å²) in [4.78, 5) is 21.9. The van der Waals surface area contributed by atoms with E-state index in [0.717, 1.165) is 31.4 Å². The minimum Gasteiger partial charge on any atom is -0.463 e. The lowest BCUT2D eigenvalue weighted by Crippen LogP contribution is -2.05. The Bertz CT molecular complexity index is 221. The van der Waals surface area contributed by atoms with Gasteiger partial charge in [0, 0.05) is 12.2 Å². The number of carbonyl (C=O) groups excluding carboxylic acids is 2. The van der Waals surface area contributed by atoms with Crippen LogP contribution < -0.4 is 0 Å². The molecule has 0 aromatic rings. The van der Waals surface area contributed by atoms with Crippen molar-refractivity contribution in [2.45, 2.75) is 33.1 Å². The number of carbonyl (C=O) groups is 2. The van der Waals surface area contributed by atoms with E-state index in [1.54, 1.807) is 0 Å². The van der Waals surface area contributed by atoms with E-state index in [9.17, 15) is 9.59 Å². The number of rotatable bonds is 7. The molecule has 86 valence electrons. The molecule has 0 heterocycles. The van der Waals surface area contributed by atoms with Crippen molar-refractivity contribution in [1.29, 1.82) is 0 Å². The zero-order valence-electron chi connectivity index (χ0n) is 9.32. The first-order chi connectivity index (χ1) is 7.20. The lowest BCUT2D eigenvalue weighted by Gasteiger charge is -1.99. The van der Waals surface area contributed by atoms with Crippen LogP contribution in [0.2, 0.25) is 0 Å². The monoisotopic (exact) mass is 214 g/mol. The number of unbranched alkanes of at least 4 members (excludes halogenated alkanes) is 1. The third-order valence-corrected chi connectivity index (χ3v) is 1.55. The molecule has 0 aliphatic carbocycles. The maximum absolute atomic E-state index is 11.0. The fraction of sp³-hybridized carbons (Fsp3) is 0.636. The maximum atomic E-state index is 11.0. The van der Waals surface area contributed by atoms with Crippen LogP contribution in [0.4, 0.5) is 0 Å². The summed E-state index contributed by atoms with van der Waals surface area (Å²) in [6.07, 6.45) is 4.74. The van der Waals surface area contributed by atoms with E-state index in [1.807, 2.05) is 13.8 Å². The first-order valence-corrected chi connectivity index (χ1v) is 5.22. The predicted molar refractivity (Wildman–Crippen MR) is 56.3 cm³/mol. The van der Waals surface area contributed by atoms with Gasteiger partial charge >= 0.3 is 11.9 Å². The Morgan fingerprint density at radius 2 is 1.47 bits per heavy atom. The van der Waals surface area contributed by atoms with Gasteiger partial charge in [-0.1, -0.05) is 20.3 Å². The number of hydrogen-bond donors (Lipinski definition) is 0. The van der Waals surface area contributed by atoms with Crippen molar-refractivity contribution in [2.24, 2.45) is 0 Å². The Balaban J connectivity index is 3.65. The Morgan fingerprint density at radius 3 is 1.93 bits per heavy atom. The normalized spacial score (nSPS) is 10.3. The van der Waals surface area contributed by atoms with Crippen LogP contribution in [0.3, 0.4) is 0 Å². The van der Waals surface area contributed by atoms with Crippen LogP contribution in [0, 0.1) is 0 Å². The summed E-state index contributed by atoms with van der Waals surface area (Å²) < 4.78 is 9.54. The minimum absolute atomic E-state index is 0.369. The highest BCUT2D eigenvalue weighted by Gasteiger charge is 1.99. The summed E-state index contributed by atoms with van der Waals surface area (Å²) in [6, 6.07) is 0. The molecule has 0 radical (unpaired) electrons. The Kier molecular flexibility index (Phi) is 8.43. The first-order valence-electron chi connectivity index (χ1n) is 5.22.